The van der Waals surface area contributed by atoms with Crippen LogP contribution in [0.15, 0.2) is 30.6 Å². The van der Waals surface area contributed by atoms with Gasteiger partial charge in [0.05, 0.1) is 0 Å². The van der Waals surface area contributed by atoms with Gasteiger partial charge in [0.15, 0.2) is 6.10 Å². The molecule has 0 aliphatic rings. The van der Waals surface area contributed by atoms with Crippen molar-refractivity contribution in [2.24, 2.45) is 0 Å². The first-order chi connectivity index (χ1) is 13.8. The maximum atomic E-state index is 12.9. The number of amides is 2. The highest BCUT2D eigenvalue weighted by Gasteiger charge is 2.16. The normalized spacial score (nSPS) is 11.9. The van der Waals surface area contributed by atoms with Crippen LogP contribution >= 0.6 is 0 Å². The van der Waals surface area contributed by atoms with Crippen LogP contribution in [0.4, 0.5) is 4.39 Å². The molecule has 29 heavy (non-hydrogen) atoms. The predicted octanol–water partition coefficient (Wildman–Crippen LogP) is 1.43. The molecule has 1 atom stereocenters. The minimum absolute atomic E-state index is 0.150. The van der Waals surface area contributed by atoms with E-state index in [9.17, 15) is 14.0 Å². The maximum Gasteiger partial charge on any atom is 0.279 e. The van der Waals surface area contributed by atoms with Crippen molar-refractivity contribution in [2.45, 2.75) is 39.7 Å². The van der Waals surface area contributed by atoms with Crippen molar-refractivity contribution < 1.29 is 18.7 Å². The van der Waals surface area contributed by atoms with Crippen molar-refractivity contribution in [2.75, 3.05) is 0 Å². The molecule has 0 aliphatic heterocycles. The summed E-state index contributed by atoms with van der Waals surface area (Å²) < 4.78 is 19.9. The third-order valence-electron chi connectivity index (χ3n) is 4.41. The number of carbonyl (C=O) groups excluding carboxylic acids is 2. The fourth-order valence-corrected chi connectivity index (χ4v) is 2.82. The lowest BCUT2D eigenvalue weighted by atomic mass is 10.1. The number of ether oxygens (including phenoxy) is 1. The van der Waals surface area contributed by atoms with E-state index in [0.717, 1.165) is 17.0 Å². The summed E-state index contributed by atoms with van der Waals surface area (Å²) in [6.45, 7) is 5.27. The maximum absolute atomic E-state index is 12.9. The van der Waals surface area contributed by atoms with E-state index < -0.39 is 17.8 Å². The molecular formula is C19H21FN6O3. The summed E-state index contributed by atoms with van der Waals surface area (Å²) in [4.78, 5) is 32.6. The monoisotopic (exact) mass is 400 g/mol. The van der Waals surface area contributed by atoms with E-state index in [2.05, 4.69) is 25.9 Å². The van der Waals surface area contributed by atoms with E-state index in [1.807, 2.05) is 13.8 Å². The largest absolute Gasteiger partial charge is 0.481 e. The Morgan fingerprint density at radius 1 is 1.21 bits per heavy atom. The van der Waals surface area contributed by atoms with Crippen molar-refractivity contribution in [3.05, 3.63) is 53.4 Å². The zero-order valence-corrected chi connectivity index (χ0v) is 16.3. The summed E-state index contributed by atoms with van der Waals surface area (Å²) in [7, 11) is 0. The summed E-state index contributed by atoms with van der Waals surface area (Å²) in [5.74, 6) is -0.422. The number of benzene rings is 1. The summed E-state index contributed by atoms with van der Waals surface area (Å²) in [5.41, 5.74) is 7.23. The Hall–Kier alpha value is -3.56. The average molecular weight is 400 g/mol. The van der Waals surface area contributed by atoms with Crippen molar-refractivity contribution in [3.8, 4) is 5.75 Å². The van der Waals surface area contributed by atoms with Gasteiger partial charge >= 0.3 is 0 Å². The second-order valence-corrected chi connectivity index (χ2v) is 6.48. The van der Waals surface area contributed by atoms with Gasteiger partial charge in [-0.1, -0.05) is 0 Å². The average Bonchev–Trinajstić information content (AvgIpc) is 3.16. The first-order valence-corrected chi connectivity index (χ1v) is 9.02. The summed E-state index contributed by atoms with van der Waals surface area (Å²) in [6.07, 6.45) is 1.14. The molecule has 2 aromatic heterocycles. The molecule has 3 rings (SSSR count). The number of aromatic nitrogens is 4. The quantitative estimate of drug-likeness (QED) is 0.606. The predicted molar refractivity (Wildman–Crippen MR) is 101 cm³/mol. The van der Waals surface area contributed by atoms with Crippen molar-refractivity contribution in [1.29, 1.82) is 0 Å². The van der Waals surface area contributed by atoms with Crippen LogP contribution in [-0.4, -0.2) is 37.5 Å². The Balaban J connectivity index is 1.49. The van der Waals surface area contributed by atoms with Gasteiger partial charge in [-0.2, -0.15) is 10.1 Å². The van der Waals surface area contributed by atoms with Crippen LogP contribution < -0.4 is 15.6 Å². The SMILES string of the molecule is Cc1nc2ncnn2c(C)c1CCC(=O)NNC(=O)C(C)Oc1ccc(F)cc1. The van der Waals surface area contributed by atoms with Crippen LogP contribution in [0.5, 0.6) is 5.75 Å². The van der Waals surface area contributed by atoms with Gasteiger partial charge in [-0.25, -0.2) is 13.9 Å². The lowest BCUT2D eigenvalue weighted by Crippen LogP contribution is -2.47. The highest BCUT2D eigenvalue weighted by Crippen LogP contribution is 2.15. The van der Waals surface area contributed by atoms with Gasteiger partial charge in [-0.05, 0) is 57.0 Å². The molecule has 0 bridgehead atoms. The van der Waals surface area contributed by atoms with Gasteiger partial charge in [0.2, 0.25) is 5.91 Å². The Bertz CT molecular complexity index is 1030. The molecule has 3 aromatic rings. The smallest absolute Gasteiger partial charge is 0.279 e. The van der Waals surface area contributed by atoms with Crippen LogP contribution in [0.3, 0.4) is 0 Å². The summed E-state index contributed by atoms with van der Waals surface area (Å²) in [5, 5.41) is 4.12. The molecule has 10 heteroatoms. The zero-order chi connectivity index (χ0) is 21.0. The van der Waals surface area contributed by atoms with Gasteiger partial charge in [0.25, 0.3) is 11.7 Å². The molecule has 2 heterocycles. The van der Waals surface area contributed by atoms with Crippen molar-refractivity contribution >= 4 is 17.6 Å². The topological polar surface area (TPSA) is 111 Å². The minimum Gasteiger partial charge on any atom is -0.481 e. The number of hydrogen-bond donors (Lipinski definition) is 2. The van der Waals surface area contributed by atoms with Gasteiger partial charge in [-0.15, -0.1) is 0 Å². The first kappa shape index (κ1) is 20.2. The molecule has 0 spiro atoms. The molecule has 1 aromatic carbocycles. The second kappa shape index (κ2) is 8.63. The number of hydrogen-bond acceptors (Lipinski definition) is 6. The summed E-state index contributed by atoms with van der Waals surface area (Å²) >= 11 is 0. The zero-order valence-electron chi connectivity index (χ0n) is 16.3. The summed E-state index contributed by atoms with van der Waals surface area (Å²) in [6, 6.07) is 5.30. The minimum atomic E-state index is -0.871. The van der Waals surface area contributed by atoms with E-state index in [-0.39, 0.29) is 12.3 Å². The highest BCUT2D eigenvalue weighted by atomic mass is 19.1. The lowest BCUT2D eigenvalue weighted by Gasteiger charge is -2.15. The molecule has 0 fully saturated rings. The Morgan fingerprint density at radius 2 is 1.93 bits per heavy atom. The molecule has 1 unspecified atom stereocenters. The number of carbonyl (C=O) groups is 2. The van der Waals surface area contributed by atoms with E-state index >= 15 is 0 Å². The van der Waals surface area contributed by atoms with Crippen LogP contribution in [-0.2, 0) is 16.0 Å². The Labute approximate surface area is 166 Å². The number of rotatable bonds is 6. The van der Waals surface area contributed by atoms with Crippen molar-refractivity contribution in [1.82, 2.24) is 30.4 Å². The van der Waals surface area contributed by atoms with Gasteiger partial charge < -0.3 is 4.74 Å². The molecule has 0 saturated carbocycles. The number of nitrogens with zero attached hydrogens (tertiary/aromatic N) is 4. The molecule has 152 valence electrons. The highest BCUT2D eigenvalue weighted by molar-refractivity contribution is 5.84. The third-order valence-corrected chi connectivity index (χ3v) is 4.41. The third kappa shape index (κ3) is 4.84. The Kier molecular flexibility index (Phi) is 6.01. The van der Waals surface area contributed by atoms with Crippen molar-refractivity contribution in [3.63, 3.8) is 0 Å². The molecule has 0 aliphatic carbocycles. The lowest BCUT2D eigenvalue weighted by molar-refractivity contribution is -0.132. The number of halogens is 1. The molecular weight excluding hydrogens is 379 g/mol. The number of fused-ring (bicyclic) bond motifs is 1. The van der Waals surface area contributed by atoms with E-state index in [0.29, 0.717) is 17.9 Å². The molecule has 0 saturated heterocycles. The van der Waals surface area contributed by atoms with Crippen LogP contribution in [0, 0.1) is 19.7 Å². The molecule has 9 nitrogen and oxygen atoms in total. The first-order valence-electron chi connectivity index (χ1n) is 9.02. The second-order valence-electron chi connectivity index (χ2n) is 6.48. The number of aryl methyl sites for hydroxylation is 2. The Morgan fingerprint density at radius 3 is 2.66 bits per heavy atom. The van der Waals surface area contributed by atoms with E-state index in [4.69, 9.17) is 4.74 Å². The van der Waals surface area contributed by atoms with Crippen LogP contribution in [0.1, 0.15) is 30.3 Å². The van der Waals surface area contributed by atoms with Gasteiger partial charge in [-0.3, -0.25) is 20.4 Å². The molecule has 2 amide bonds. The standard InChI is InChI=1S/C19H21FN6O3/c1-11-16(12(2)26-19(23-11)21-10-22-26)8-9-17(27)24-25-18(28)13(3)29-15-6-4-14(20)5-7-15/h4-7,10,13H,8-9H2,1-3H3,(H,24,27)(H,25,28). The van der Waals surface area contributed by atoms with E-state index in [1.54, 1.807) is 4.52 Å². The van der Waals surface area contributed by atoms with Gasteiger partial charge in [0.1, 0.15) is 17.9 Å². The van der Waals surface area contributed by atoms with Crippen LogP contribution in [0.25, 0.3) is 5.78 Å². The molecule has 0 radical (unpaired) electrons. The number of hydrazine groups is 1. The fourth-order valence-electron chi connectivity index (χ4n) is 2.82. The van der Waals surface area contributed by atoms with E-state index in [1.165, 1.54) is 37.5 Å². The fraction of sp³-hybridized carbons (Fsp3) is 0.316. The molecule has 2 N–H and O–H groups in total. The van der Waals surface area contributed by atoms with Gasteiger partial charge in [0, 0.05) is 17.8 Å². The van der Waals surface area contributed by atoms with Crippen LogP contribution in [0.2, 0.25) is 0 Å². The number of nitrogens with one attached hydrogen (secondary N) is 2.